The van der Waals surface area contributed by atoms with Gasteiger partial charge in [-0.2, -0.15) is 0 Å². The molecular weight excluding hydrogens is 166 g/mol. The largest absolute Gasteiger partial charge is 0.464 e. The average molecular weight is 173 g/mol. The molecule has 0 aliphatic heterocycles. The van der Waals surface area contributed by atoms with Crippen molar-refractivity contribution in [3.8, 4) is 0 Å². The minimum atomic E-state index is -0.592. The molecule has 58 valence electrons. The molecule has 0 saturated carbocycles. The molecule has 0 aliphatic rings. The summed E-state index contributed by atoms with van der Waals surface area (Å²) in [6, 6.07) is 2.69. The van der Waals surface area contributed by atoms with Crippen LogP contribution >= 0.6 is 11.6 Å². The highest BCUT2D eigenvalue weighted by molar-refractivity contribution is 6.30. The molecule has 1 aromatic heterocycles. The molecule has 4 heteroatoms. The Morgan fingerprint density at radius 1 is 1.91 bits per heavy atom. The monoisotopic (exact) mass is 172 g/mol. The highest BCUT2D eigenvalue weighted by Gasteiger charge is 2.05. The molecule has 0 spiro atoms. The minimum Gasteiger partial charge on any atom is -0.464 e. The third-order valence-corrected chi connectivity index (χ3v) is 1.27. The van der Waals surface area contributed by atoms with Gasteiger partial charge < -0.3 is 4.74 Å². The number of hydrogen-bond acceptors (Lipinski definition) is 3. The number of halogens is 1. The van der Waals surface area contributed by atoms with E-state index in [2.05, 4.69) is 9.72 Å². The summed E-state index contributed by atoms with van der Waals surface area (Å²) in [7, 11) is 1.24. The van der Waals surface area contributed by atoms with Crippen LogP contribution in [-0.2, 0) is 4.74 Å². The third kappa shape index (κ3) is 1.91. The van der Waals surface area contributed by atoms with Crippen molar-refractivity contribution in [2.45, 2.75) is 0 Å². The van der Waals surface area contributed by atoms with Gasteiger partial charge in [-0.05, 0) is 12.1 Å². The van der Waals surface area contributed by atoms with Gasteiger partial charge in [0.25, 0.3) is 0 Å². The molecule has 0 saturated heterocycles. The Kier molecular flexibility index (Phi) is 2.01. The molecule has 0 unspecified atom stereocenters. The zero-order valence-corrected chi connectivity index (χ0v) is 6.55. The lowest BCUT2D eigenvalue weighted by atomic mass is 10.3. The first kappa shape index (κ1) is 6.61. The van der Waals surface area contributed by atoms with Crippen molar-refractivity contribution in [2.24, 2.45) is 0 Å². The Balaban J connectivity index is 3.08. The van der Waals surface area contributed by atoms with E-state index in [1.165, 1.54) is 19.2 Å². The summed E-state index contributed by atoms with van der Waals surface area (Å²) < 4.78 is 11.5. The van der Waals surface area contributed by atoms with Crippen LogP contribution in [0.4, 0.5) is 0 Å². The third-order valence-electron chi connectivity index (χ3n) is 1.06. The van der Waals surface area contributed by atoms with Crippen molar-refractivity contribution >= 4 is 17.6 Å². The molecule has 0 radical (unpaired) electrons. The van der Waals surface area contributed by atoms with Gasteiger partial charge >= 0.3 is 5.97 Å². The van der Waals surface area contributed by atoms with E-state index in [-0.39, 0.29) is 11.9 Å². The van der Waals surface area contributed by atoms with Gasteiger partial charge in [-0.15, -0.1) is 0 Å². The number of nitrogens with zero attached hydrogens (tertiary/aromatic N) is 1. The van der Waals surface area contributed by atoms with Gasteiger partial charge in [0.05, 0.1) is 8.48 Å². The number of rotatable bonds is 1. The van der Waals surface area contributed by atoms with Crippen molar-refractivity contribution in [3.05, 3.63) is 29.0 Å². The van der Waals surface area contributed by atoms with E-state index < -0.39 is 5.97 Å². The maximum atomic E-state index is 10.9. The Labute approximate surface area is 70.4 Å². The lowest BCUT2D eigenvalue weighted by Crippen LogP contribution is -2.03. The molecule has 0 fully saturated rings. The highest BCUT2D eigenvalue weighted by Crippen LogP contribution is 2.08. The minimum absolute atomic E-state index is 0.0509. The number of carbonyl (C=O) groups is 1. The van der Waals surface area contributed by atoms with Crippen molar-refractivity contribution in [2.75, 3.05) is 7.11 Å². The van der Waals surface area contributed by atoms with Gasteiger partial charge in [-0.1, -0.05) is 11.6 Å². The first-order valence-corrected chi connectivity index (χ1v) is 3.24. The molecule has 11 heavy (non-hydrogen) atoms. The zero-order valence-electron chi connectivity index (χ0n) is 6.80. The lowest BCUT2D eigenvalue weighted by molar-refractivity contribution is 0.0594. The van der Waals surface area contributed by atoms with Gasteiger partial charge in [0, 0.05) is 11.2 Å². The highest BCUT2D eigenvalue weighted by atomic mass is 35.5. The maximum absolute atomic E-state index is 10.9. The molecule has 0 atom stereocenters. The molecule has 0 aliphatic carbocycles. The van der Waals surface area contributed by atoms with E-state index in [4.69, 9.17) is 13.0 Å². The van der Waals surface area contributed by atoms with E-state index in [9.17, 15) is 4.79 Å². The number of aromatic nitrogens is 1. The van der Waals surface area contributed by atoms with Crippen molar-refractivity contribution < 1.29 is 10.9 Å². The van der Waals surface area contributed by atoms with Crippen molar-refractivity contribution in [1.29, 1.82) is 0 Å². The Bertz CT molecular complexity index is 296. The average Bonchev–Trinajstić information content (AvgIpc) is 2.01. The fourth-order valence-electron chi connectivity index (χ4n) is 0.577. The van der Waals surface area contributed by atoms with E-state index in [1.54, 1.807) is 0 Å². The van der Waals surface area contributed by atoms with Crippen LogP contribution in [-0.4, -0.2) is 18.1 Å². The Morgan fingerprint density at radius 2 is 2.64 bits per heavy atom. The van der Waals surface area contributed by atoms with E-state index in [0.717, 1.165) is 0 Å². The van der Waals surface area contributed by atoms with Crippen LogP contribution in [0, 0.1) is 0 Å². The number of carbonyl (C=O) groups excluding carboxylic acids is 1. The summed E-state index contributed by atoms with van der Waals surface area (Å²) in [5.41, 5.74) is 0.0509. The summed E-state index contributed by atoms with van der Waals surface area (Å²) in [6.07, 6.45) is -0.0529. The molecule has 0 amide bonds. The zero-order chi connectivity index (χ0) is 9.14. The van der Waals surface area contributed by atoms with E-state index in [0.29, 0.717) is 5.02 Å². The number of pyridine rings is 1. The first-order valence-electron chi connectivity index (χ1n) is 3.36. The molecule has 1 rings (SSSR count). The number of methoxy groups -OCH3 is 1. The molecule has 1 aromatic rings. The van der Waals surface area contributed by atoms with Crippen LogP contribution in [0.2, 0.25) is 5.02 Å². The molecule has 0 aromatic carbocycles. The van der Waals surface area contributed by atoms with Crippen LogP contribution in [0.25, 0.3) is 0 Å². The Morgan fingerprint density at radius 3 is 3.18 bits per heavy atom. The maximum Gasteiger partial charge on any atom is 0.356 e. The molecule has 3 nitrogen and oxygen atoms in total. The Hall–Kier alpha value is -1.09. The van der Waals surface area contributed by atoms with Crippen LogP contribution in [0.5, 0.6) is 0 Å². The summed E-state index contributed by atoms with van der Waals surface area (Å²) in [5, 5.41) is 0.301. The fraction of sp³-hybridized carbons (Fsp3) is 0.143. The predicted octanol–water partition coefficient (Wildman–Crippen LogP) is 1.52. The van der Waals surface area contributed by atoms with Gasteiger partial charge in [0.15, 0.2) is 0 Å². The van der Waals surface area contributed by atoms with Gasteiger partial charge in [-0.3, -0.25) is 0 Å². The van der Waals surface area contributed by atoms with Crippen molar-refractivity contribution in [3.63, 3.8) is 0 Å². The second-order valence-corrected chi connectivity index (χ2v) is 2.23. The number of ether oxygens (including phenoxy) is 1. The van der Waals surface area contributed by atoms with Gasteiger partial charge in [0.1, 0.15) is 5.69 Å². The topological polar surface area (TPSA) is 39.2 Å². The SMILES string of the molecule is [2H]c1cc(Cl)cc(C(=O)OC)n1. The van der Waals surface area contributed by atoms with Crippen LogP contribution < -0.4 is 0 Å². The smallest absolute Gasteiger partial charge is 0.356 e. The molecular formula is C7H6ClNO2. The number of esters is 1. The van der Waals surface area contributed by atoms with Crippen LogP contribution in [0.15, 0.2) is 18.3 Å². The first-order chi connectivity index (χ1) is 5.63. The quantitative estimate of drug-likeness (QED) is 0.603. The predicted molar refractivity (Wildman–Crippen MR) is 40.6 cm³/mol. The number of hydrogen-bond donors (Lipinski definition) is 0. The van der Waals surface area contributed by atoms with Crippen LogP contribution in [0.1, 0.15) is 11.9 Å². The van der Waals surface area contributed by atoms with Gasteiger partial charge in [-0.25, -0.2) is 9.78 Å². The molecule has 0 N–H and O–H groups in total. The summed E-state index contributed by atoms with van der Waals surface area (Å²) in [6.45, 7) is 0. The normalized spacial score (nSPS) is 10.5. The second-order valence-electron chi connectivity index (χ2n) is 1.79. The summed E-state index contributed by atoms with van der Waals surface area (Å²) >= 11 is 5.58. The fourth-order valence-corrected chi connectivity index (χ4v) is 0.729. The van der Waals surface area contributed by atoms with Gasteiger partial charge in [0.2, 0.25) is 0 Å². The van der Waals surface area contributed by atoms with E-state index in [1.807, 2.05) is 0 Å². The molecule has 1 heterocycles. The summed E-state index contributed by atoms with van der Waals surface area (Å²) in [5.74, 6) is -0.592. The van der Waals surface area contributed by atoms with E-state index >= 15 is 0 Å². The summed E-state index contributed by atoms with van der Waals surface area (Å²) in [4.78, 5) is 14.5. The van der Waals surface area contributed by atoms with Crippen molar-refractivity contribution in [1.82, 2.24) is 4.98 Å². The molecule has 0 bridgehead atoms. The standard InChI is InChI=1S/C7H6ClNO2/c1-11-7(10)6-4-5(8)2-3-9-6/h2-4H,1H3/i3D. The second kappa shape index (κ2) is 3.34. The van der Waals surface area contributed by atoms with Crippen LogP contribution in [0.3, 0.4) is 0 Å². The lowest BCUT2D eigenvalue weighted by Gasteiger charge is -1.96.